The van der Waals surface area contributed by atoms with E-state index >= 15 is 0 Å². The van der Waals surface area contributed by atoms with Crippen molar-refractivity contribution in [1.29, 1.82) is 0 Å². The second-order valence-corrected chi connectivity index (χ2v) is 6.19. The van der Waals surface area contributed by atoms with E-state index in [0.717, 1.165) is 37.9 Å². The third-order valence-electron chi connectivity index (χ3n) is 4.44. The molecule has 0 aromatic heterocycles. The van der Waals surface area contributed by atoms with Gasteiger partial charge in [-0.15, -0.1) is 12.4 Å². The molecule has 0 spiro atoms. The first kappa shape index (κ1) is 18.8. The van der Waals surface area contributed by atoms with Gasteiger partial charge >= 0.3 is 0 Å². The van der Waals surface area contributed by atoms with Gasteiger partial charge < -0.3 is 15.8 Å². The summed E-state index contributed by atoms with van der Waals surface area (Å²) in [5, 5.41) is 3.03. The number of ether oxygens (including phenoxy) is 1. The number of carbonyl (C=O) groups excluding carboxylic acids is 1. The molecule has 2 rings (SSSR count). The normalized spacial score (nSPS) is 24.2. The van der Waals surface area contributed by atoms with Crippen molar-refractivity contribution in [2.45, 2.75) is 44.6 Å². The molecular formula is C17H27ClN2O2. The SMILES string of the molecule is COc1ccc(CCNC(=O)C2CCCCC2(C)N)cc1.Cl. The van der Waals surface area contributed by atoms with Crippen LogP contribution in [0.25, 0.3) is 0 Å². The maximum Gasteiger partial charge on any atom is 0.224 e. The molecule has 3 N–H and O–H groups in total. The number of amides is 1. The predicted octanol–water partition coefficient (Wildman–Crippen LogP) is 2.68. The number of nitrogens with one attached hydrogen (secondary N) is 1. The highest BCUT2D eigenvalue weighted by Gasteiger charge is 2.37. The molecule has 5 heteroatoms. The van der Waals surface area contributed by atoms with Crippen LogP contribution >= 0.6 is 12.4 Å². The van der Waals surface area contributed by atoms with Gasteiger partial charge in [-0.3, -0.25) is 4.79 Å². The fourth-order valence-corrected chi connectivity index (χ4v) is 3.03. The minimum Gasteiger partial charge on any atom is -0.497 e. The molecule has 0 saturated heterocycles. The molecule has 0 heterocycles. The van der Waals surface area contributed by atoms with Gasteiger partial charge in [-0.1, -0.05) is 25.0 Å². The van der Waals surface area contributed by atoms with Crippen LogP contribution in [-0.2, 0) is 11.2 Å². The largest absolute Gasteiger partial charge is 0.497 e. The van der Waals surface area contributed by atoms with E-state index in [0.29, 0.717) is 6.54 Å². The summed E-state index contributed by atoms with van der Waals surface area (Å²) >= 11 is 0. The number of hydrogen-bond donors (Lipinski definition) is 2. The fraction of sp³-hybridized carbons (Fsp3) is 0.588. The van der Waals surface area contributed by atoms with E-state index in [4.69, 9.17) is 10.5 Å². The lowest BCUT2D eigenvalue weighted by molar-refractivity contribution is -0.128. The van der Waals surface area contributed by atoms with Crippen LogP contribution in [0, 0.1) is 5.92 Å². The Hall–Kier alpha value is -1.26. The molecule has 4 nitrogen and oxygen atoms in total. The molecule has 2 unspecified atom stereocenters. The van der Waals surface area contributed by atoms with Crippen molar-refractivity contribution in [1.82, 2.24) is 5.32 Å². The first-order chi connectivity index (χ1) is 10.0. The van der Waals surface area contributed by atoms with Crippen molar-refractivity contribution in [2.75, 3.05) is 13.7 Å². The van der Waals surface area contributed by atoms with Crippen molar-refractivity contribution < 1.29 is 9.53 Å². The summed E-state index contributed by atoms with van der Waals surface area (Å²) in [5.74, 6) is 0.902. The molecule has 0 aliphatic heterocycles. The van der Waals surface area contributed by atoms with Crippen LogP contribution in [0.15, 0.2) is 24.3 Å². The molecule has 1 aliphatic rings. The zero-order chi connectivity index (χ0) is 15.3. The van der Waals surface area contributed by atoms with Crippen molar-refractivity contribution >= 4 is 18.3 Å². The predicted molar refractivity (Wildman–Crippen MR) is 91.5 cm³/mol. The zero-order valence-corrected chi connectivity index (χ0v) is 14.2. The van der Waals surface area contributed by atoms with E-state index < -0.39 is 0 Å². The monoisotopic (exact) mass is 326 g/mol. The van der Waals surface area contributed by atoms with Gasteiger partial charge in [0.15, 0.2) is 0 Å². The van der Waals surface area contributed by atoms with Crippen LogP contribution in [0.4, 0.5) is 0 Å². The lowest BCUT2D eigenvalue weighted by Crippen LogP contribution is -2.53. The number of carbonyl (C=O) groups is 1. The number of methoxy groups -OCH3 is 1. The second kappa shape index (κ2) is 8.39. The van der Waals surface area contributed by atoms with Gasteiger partial charge in [0.05, 0.1) is 13.0 Å². The minimum absolute atomic E-state index is 0. The van der Waals surface area contributed by atoms with E-state index in [9.17, 15) is 4.79 Å². The standard InChI is InChI=1S/C17H26N2O2.ClH/c1-17(18)11-4-3-5-15(17)16(20)19-12-10-13-6-8-14(21-2)9-7-13;/h6-9,15H,3-5,10-12,18H2,1-2H3,(H,19,20);1H. The van der Waals surface area contributed by atoms with E-state index in [2.05, 4.69) is 5.32 Å². The number of halogens is 1. The Morgan fingerprint density at radius 2 is 2.05 bits per heavy atom. The van der Waals surface area contributed by atoms with E-state index in [1.54, 1.807) is 7.11 Å². The highest BCUT2D eigenvalue weighted by Crippen LogP contribution is 2.31. The van der Waals surface area contributed by atoms with Gasteiger partial charge in [0.1, 0.15) is 5.75 Å². The lowest BCUT2D eigenvalue weighted by Gasteiger charge is -2.37. The van der Waals surface area contributed by atoms with Crippen molar-refractivity contribution in [2.24, 2.45) is 11.7 Å². The van der Waals surface area contributed by atoms with E-state index in [1.165, 1.54) is 5.56 Å². The molecule has 0 radical (unpaired) electrons. The highest BCUT2D eigenvalue weighted by atomic mass is 35.5. The average Bonchev–Trinajstić information content (AvgIpc) is 2.47. The molecule has 124 valence electrons. The molecule has 1 amide bonds. The van der Waals surface area contributed by atoms with E-state index in [-0.39, 0.29) is 29.8 Å². The number of rotatable bonds is 5. The average molecular weight is 327 g/mol. The van der Waals surface area contributed by atoms with Crippen molar-refractivity contribution in [3.05, 3.63) is 29.8 Å². The third-order valence-corrected chi connectivity index (χ3v) is 4.44. The summed E-state index contributed by atoms with van der Waals surface area (Å²) < 4.78 is 5.13. The maximum atomic E-state index is 12.3. The summed E-state index contributed by atoms with van der Waals surface area (Å²) in [5.41, 5.74) is 7.09. The first-order valence-corrected chi connectivity index (χ1v) is 7.72. The minimum atomic E-state index is -0.359. The van der Waals surface area contributed by atoms with Crippen LogP contribution in [0.2, 0.25) is 0 Å². The highest BCUT2D eigenvalue weighted by molar-refractivity contribution is 5.85. The van der Waals surface area contributed by atoms with Crippen LogP contribution < -0.4 is 15.8 Å². The number of nitrogens with two attached hydrogens (primary N) is 1. The Bertz CT molecular complexity index is 474. The van der Waals surface area contributed by atoms with Gasteiger partial charge in [0.25, 0.3) is 0 Å². The molecule has 1 aromatic rings. The first-order valence-electron chi connectivity index (χ1n) is 7.72. The van der Waals surface area contributed by atoms with Gasteiger partial charge in [-0.2, -0.15) is 0 Å². The summed E-state index contributed by atoms with van der Waals surface area (Å²) in [6.07, 6.45) is 4.89. The molecule has 1 saturated carbocycles. The zero-order valence-electron chi connectivity index (χ0n) is 13.4. The summed E-state index contributed by atoms with van der Waals surface area (Å²) in [4.78, 5) is 12.3. The number of hydrogen-bond acceptors (Lipinski definition) is 3. The smallest absolute Gasteiger partial charge is 0.224 e. The van der Waals surface area contributed by atoms with Gasteiger partial charge in [0, 0.05) is 12.1 Å². The molecule has 22 heavy (non-hydrogen) atoms. The van der Waals surface area contributed by atoms with Crippen LogP contribution in [0.5, 0.6) is 5.75 Å². The number of benzene rings is 1. The van der Waals surface area contributed by atoms with Crippen molar-refractivity contribution in [3.8, 4) is 5.75 Å². The Balaban J connectivity index is 0.00000242. The molecular weight excluding hydrogens is 300 g/mol. The van der Waals surface area contributed by atoms with Crippen LogP contribution in [0.1, 0.15) is 38.2 Å². The molecule has 0 bridgehead atoms. The Morgan fingerprint density at radius 3 is 2.64 bits per heavy atom. The summed E-state index contributed by atoms with van der Waals surface area (Å²) in [6.45, 7) is 2.65. The topological polar surface area (TPSA) is 64.3 Å². The van der Waals surface area contributed by atoms with Crippen molar-refractivity contribution in [3.63, 3.8) is 0 Å². The fourth-order valence-electron chi connectivity index (χ4n) is 3.03. The summed E-state index contributed by atoms with van der Waals surface area (Å²) in [7, 11) is 1.66. The molecule has 1 aliphatic carbocycles. The maximum absolute atomic E-state index is 12.3. The molecule has 1 aromatic carbocycles. The Morgan fingerprint density at radius 1 is 1.36 bits per heavy atom. The molecule has 2 atom stereocenters. The third kappa shape index (κ3) is 4.89. The van der Waals surface area contributed by atoms with Gasteiger partial charge in [-0.25, -0.2) is 0 Å². The summed E-state index contributed by atoms with van der Waals surface area (Å²) in [6, 6.07) is 7.93. The Kier molecular flexibility index (Phi) is 7.17. The van der Waals surface area contributed by atoms with E-state index in [1.807, 2.05) is 31.2 Å². The lowest BCUT2D eigenvalue weighted by atomic mass is 9.74. The Labute approximate surface area is 139 Å². The van der Waals surface area contributed by atoms with Crippen LogP contribution in [0.3, 0.4) is 0 Å². The quantitative estimate of drug-likeness (QED) is 0.874. The second-order valence-electron chi connectivity index (χ2n) is 6.19. The molecule has 1 fully saturated rings. The van der Waals surface area contributed by atoms with Gasteiger partial charge in [0.2, 0.25) is 5.91 Å². The van der Waals surface area contributed by atoms with Crippen LogP contribution in [-0.4, -0.2) is 25.1 Å². The van der Waals surface area contributed by atoms with Gasteiger partial charge in [-0.05, 0) is 43.9 Å².